The van der Waals surface area contributed by atoms with Crippen LogP contribution in [0.1, 0.15) is 18.6 Å². The Morgan fingerprint density at radius 2 is 1.82 bits per heavy atom. The van der Waals surface area contributed by atoms with Gasteiger partial charge in [-0.05, 0) is 58.2 Å². The molecule has 1 aromatic heterocycles. The van der Waals surface area contributed by atoms with Crippen LogP contribution in [0.2, 0.25) is 0 Å². The van der Waals surface area contributed by atoms with Gasteiger partial charge in [-0.3, -0.25) is 9.59 Å². The number of carbonyl (C=O) groups is 2. The van der Waals surface area contributed by atoms with Gasteiger partial charge >= 0.3 is 0 Å². The van der Waals surface area contributed by atoms with Gasteiger partial charge in [-0.25, -0.2) is 0 Å². The highest BCUT2D eigenvalue weighted by molar-refractivity contribution is 9.10. The summed E-state index contributed by atoms with van der Waals surface area (Å²) in [6.45, 7) is 0. The normalized spacial score (nSPS) is 37.0. The fourth-order valence-electron chi connectivity index (χ4n) is 4.69. The molecule has 0 radical (unpaired) electrons. The van der Waals surface area contributed by atoms with Gasteiger partial charge in [-0.2, -0.15) is 10.1 Å². The van der Waals surface area contributed by atoms with Crippen molar-refractivity contribution >= 4 is 34.0 Å². The predicted octanol–water partition coefficient (Wildman–Crippen LogP) is 2.57. The summed E-state index contributed by atoms with van der Waals surface area (Å²) in [5.41, 5.74) is 0.225. The van der Waals surface area contributed by atoms with Crippen molar-refractivity contribution in [1.29, 1.82) is 0 Å². The van der Waals surface area contributed by atoms with Gasteiger partial charge in [-0.1, -0.05) is 12.2 Å². The number of rotatable bonds is 2. The Kier molecular flexibility index (Phi) is 2.32. The van der Waals surface area contributed by atoms with Crippen molar-refractivity contribution in [2.45, 2.75) is 12.8 Å². The molecule has 0 N–H and O–H groups in total. The van der Waals surface area contributed by atoms with Crippen molar-refractivity contribution in [2.24, 2.45) is 34.2 Å². The molecule has 2 saturated carbocycles. The van der Waals surface area contributed by atoms with Crippen molar-refractivity contribution in [3.8, 4) is 0 Å². The highest BCUT2D eigenvalue weighted by Gasteiger charge is 2.73. The Morgan fingerprint density at radius 1 is 1.18 bits per heavy atom. The molecule has 2 heterocycles. The molecule has 112 valence electrons. The van der Waals surface area contributed by atoms with Crippen LogP contribution in [0.5, 0.6) is 0 Å². The van der Waals surface area contributed by atoms with Gasteiger partial charge in [-0.15, -0.1) is 0 Å². The minimum Gasteiger partial charge on any atom is -0.448 e. The number of allylic oxidation sites excluding steroid dienone is 2. The minimum absolute atomic E-state index is 0.153. The number of furan rings is 1. The Labute approximate surface area is 135 Å². The number of nitrogens with zero attached hydrogens (tertiary/aromatic N) is 2. The molecule has 1 saturated heterocycles. The Hall–Kier alpha value is -1.69. The van der Waals surface area contributed by atoms with Crippen LogP contribution >= 0.6 is 15.9 Å². The van der Waals surface area contributed by atoms with E-state index in [0.29, 0.717) is 10.4 Å². The summed E-state index contributed by atoms with van der Waals surface area (Å²) >= 11 is 3.21. The van der Waals surface area contributed by atoms with E-state index in [0.717, 1.165) is 17.9 Å². The third kappa shape index (κ3) is 1.41. The molecule has 6 heteroatoms. The molecule has 4 atom stereocenters. The molecule has 0 aromatic carbocycles. The number of hydrazone groups is 1. The average molecular weight is 361 g/mol. The van der Waals surface area contributed by atoms with E-state index in [9.17, 15) is 9.59 Å². The van der Waals surface area contributed by atoms with Crippen LogP contribution < -0.4 is 0 Å². The molecule has 2 bridgehead atoms. The standard InChI is InChI=1S/C16H13BrN2O3/c17-11-4-1-8(22-11)7-18-19-14(20)12-9-2-3-10(13(12)15(19)21)16(9)5-6-16/h1-4,7,9-10,12-13H,5-6H2/b18-7-/t9-,10-,12-,13-/m1/s1. The number of carbonyl (C=O) groups excluding carboxylic acids is 2. The van der Waals surface area contributed by atoms with Crippen molar-refractivity contribution in [3.05, 3.63) is 34.7 Å². The topological polar surface area (TPSA) is 62.9 Å². The number of hydrogen-bond acceptors (Lipinski definition) is 4. The van der Waals surface area contributed by atoms with Crippen molar-refractivity contribution in [1.82, 2.24) is 5.01 Å². The molecule has 2 amide bonds. The quantitative estimate of drug-likeness (QED) is 0.462. The second-order valence-corrected chi connectivity index (χ2v) is 7.38. The lowest BCUT2D eigenvalue weighted by Gasteiger charge is -2.18. The fourth-order valence-corrected chi connectivity index (χ4v) is 5.01. The van der Waals surface area contributed by atoms with E-state index in [1.807, 2.05) is 0 Å². The molecule has 1 aromatic rings. The van der Waals surface area contributed by atoms with Gasteiger partial charge in [0, 0.05) is 0 Å². The lowest BCUT2D eigenvalue weighted by Crippen LogP contribution is -2.30. The molecule has 5 nitrogen and oxygen atoms in total. The first kappa shape index (κ1) is 12.8. The summed E-state index contributed by atoms with van der Waals surface area (Å²) in [6, 6.07) is 3.47. The summed E-state index contributed by atoms with van der Waals surface area (Å²) in [5.74, 6) is 0.258. The third-order valence-corrected chi connectivity index (χ3v) is 6.15. The minimum atomic E-state index is -0.203. The number of imide groups is 1. The van der Waals surface area contributed by atoms with Gasteiger partial charge in [0.15, 0.2) is 4.67 Å². The van der Waals surface area contributed by atoms with Gasteiger partial charge < -0.3 is 4.42 Å². The first-order valence-electron chi connectivity index (χ1n) is 7.47. The van der Waals surface area contributed by atoms with Gasteiger partial charge in [0.05, 0.1) is 18.1 Å². The van der Waals surface area contributed by atoms with Crippen LogP contribution in [-0.4, -0.2) is 23.0 Å². The van der Waals surface area contributed by atoms with E-state index in [4.69, 9.17) is 4.42 Å². The van der Waals surface area contributed by atoms with Crippen molar-refractivity contribution in [2.75, 3.05) is 0 Å². The maximum absolute atomic E-state index is 12.6. The van der Waals surface area contributed by atoms with Gasteiger partial charge in [0.2, 0.25) is 0 Å². The van der Waals surface area contributed by atoms with Crippen LogP contribution in [0.15, 0.2) is 38.5 Å². The maximum Gasteiger partial charge on any atom is 0.254 e. The second-order valence-electron chi connectivity index (χ2n) is 6.60. The van der Waals surface area contributed by atoms with E-state index in [-0.39, 0.29) is 40.9 Å². The molecule has 3 aliphatic carbocycles. The second kappa shape index (κ2) is 3.98. The zero-order chi connectivity index (χ0) is 15.1. The zero-order valence-corrected chi connectivity index (χ0v) is 13.2. The van der Waals surface area contributed by atoms with Gasteiger partial charge in [0.1, 0.15) is 5.76 Å². The fraction of sp³-hybridized carbons (Fsp3) is 0.438. The highest BCUT2D eigenvalue weighted by Crippen LogP contribution is 2.73. The van der Waals surface area contributed by atoms with E-state index in [2.05, 4.69) is 33.2 Å². The van der Waals surface area contributed by atoms with Crippen LogP contribution in [0.25, 0.3) is 0 Å². The molecule has 22 heavy (non-hydrogen) atoms. The van der Waals surface area contributed by atoms with E-state index in [1.165, 1.54) is 6.21 Å². The highest BCUT2D eigenvalue weighted by atomic mass is 79.9. The first-order valence-corrected chi connectivity index (χ1v) is 8.27. The van der Waals surface area contributed by atoms with E-state index < -0.39 is 0 Å². The molecular weight excluding hydrogens is 348 g/mol. The molecule has 1 aliphatic heterocycles. The third-order valence-electron chi connectivity index (χ3n) is 5.72. The Bertz CT molecular complexity index is 727. The lowest BCUT2D eigenvalue weighted by molar-refractivity contribution is -0.141. The molecular formula is C16H13BrN2O3. The van der Waals surface area contributed by atoms with Crippen LogP contribution in [-0.2, 0) is 9.59 Å². The van der Waals surface area contributed by atoms with Crippen LogP contribution in [0.3, 0.4) is 0 Å². The van der Waals surface area contributed by atoms with E-state index in [1.54, 1.807) is 12.1 Å². The SMILES string of the molecule is O=C1[C@H]2[C@H](C(=O)N1/N=C\c1ccc(Br)o1)[C@H]1C=C[C@H]2C12CC2. The summed E-state index contributed by atoms with van der Waals surface area (Å²) in [4.78, 5) is 25.3. The zero-order valence-electron chi connectivity index (χ0n) is 11.6. The summed E-state index contributed by atoms with van der Waals surface area (Å²) in [6.07, 6.45) is 8.02. The molecule has 4 aliphatic rings. The summed E-state index contributed by atoms with van der Waals surface area (Å²) < 4.78 is 5.90. The van der Waals surface area contributed by atoms with Crippen molar-refractivity contribution in [3.63, 3.8) is 0 Å². The number of fused-ring (bicyclic) bond motifs is 3. The van der Waals surface area contributed by atoms with Gasteiger partial charge in [0.25, 0.3) is 11.8 Å². The first-order chi connectivity index (χ1) is 10.6. The average Bonchev–Trinajstić information content (AvgIpc) is 2.87. The maximum atomic E-state index is 12.6. The number of halogens is 1. The Morgan fingerprint density at radius 3 is 2.32 bits per heavy atom. The molecule has 5 rings (SSSR count). The molecule has 0 unspecified atom stereocenters. The predicted molar refractivity (Wildman–Crippen MR) is 80.6 cm³/mol. The number of hydrogen-bond donors (Lipinski definition) is 0. The summed E-state index contributed by atoms with van der Waals surface area (Å²) in [5, 5.41) is 5.13. The molecule has 3 fully saturated rings. The van der Waals surface area contributed by atoms with Crippen molar-refractivity contribution < 1.29 is 14.0 Å². The van der Waals surface area contributed by atoms with Crippen LogP contribution in [0.4, 0.5) is 0 Å². The molecule has 1 spiro atoms. The monoisotopic (exact) mass is 360 g/mol. The Balaban J connectivity index is 1.45. The largest absolute Gasteiger partial charge is 0.448 e. The van der Waals surface area contributed by atoms with Crippen LogP contribution in [0, 0.1) is 29.1 Å². The van der Waals surface area contributed by atoms with E-state index >= 15 is 0 Å². The number of amides is 2. The summed E-state index contributed by atoms with van der Waals surface area (Å²) in [7, 11) is 0. The lowest BCUT2D eigenvalue weighted by atomic mass is 9.85. The smallest absolute Gasteiger partial charge is 0.254 e.